The highest BCUT2D eigenvalue weighted by atomic mass is 16.5. The van der Waals surface area contributed by atoms with E-state index in [0.717, 1.165) is 25.3 Å². The van der Waals surface area contributed by atoms with E-state index < -0.39 is 0 Å². The van der Waals surface area contributed by atoms with Crippen LogP contribution < -0.4 is 5.32 Å². The molecule has 1 N–H and O–H groups in total. The Morgan fingerprint density at radius 2 is 2.41 bits per heavy atom. The summed E-state index contributed by atoms with van der Waals surface area (Å²) in [4.78, 5) is 8.99. The summed E-state index contributed by atoms with van der Waals surface area (Å²) in [7, 11) is 2.00. The van der Waals surface area contributed by atoms with Crippen molar-refractivity contribution in [3.05, 3.63) is 23.3 Å². The van der Waals surface area contributed by atoms with Crippen LogP contribution in [0.4, 0.5) is 0 Å². The SMILES string of the molecule is CCCOCc1ncc2c(n1)CCCC2NC. The van der Waals surface area contributed by atoms with E-state index in [-0.39, 0.29) is 0 Å². The van der Waals surface area contributed by atoms with Gasteiger partial charge in [0.15, 0.2) is 5.82 Å². The van der Waals surface area contributed by atoms with E-state index in [4.69, 9.17) is 4.74 Å². The second-order valence-corrected chi connectivity index (χ2v) is 4.47. The predicted octanol–water partition coefficient (Wildman–Crippen LogP) is 2.00. The van der Waals surface area contributed by atoms with Gasteiger partial charge in [0.2, 0.25) is 0 Å². The number of rotatable bonds is 5. The zero-order valence-electron chi connectivity index (χ0n) is 10.7. The lowest BCUT2D eigenvalue weighted by Gasteiger charge is -2.24. The lowest BCUT2D eigenvalue weighted by molar-refractivity contribution is 0.115. The molecule has 0 spiro atoms. The van der Waals surface area contributed by atoms with Crippen molar-refractivity contribution in [3.63, 3.8) is 0 Å². The van der Waals surface area contributed by atoms with Crippen LogP contribution in [0.3, 0.4) is 0 Å². The highest BCUT2D eigenvalue weighted by Gasteiger charge is 2.20. The standard InChI is InChI=1S/C13H21N3O/c1-3-7-17-9-13-15-8-10-11(14-2)5-4-6-12(10)16-13/h8,11,14H,3-7,9H2,1-2H3. The van der Waals surface area contributed by atoms with Crippen molar-refractivity contribution in [3.8, 4) is 0 Å². The number of nitrogens with zero attached hydrogens (tertiary/aromatic N) is 2. The first-order valence-electron chi connectivity index (χ1n) is 6.44. The van der Waals surface area contributed by atoms with Gasteiger partial charge in [0.05, 0.1) is 0 Å². The van der Waals surface area contributed by atoms with Crippen molar-refractivity contribution in [2.45, 2.75) is 45.3 Å². The average molecular weight is 235 g/mol. The van der Waals surface area contributed by atoms with Crippen molar-refractivity contribution in [2.24, 2.45) is 0 Å². The van der Waals surface area contributed by atoms with Crippen molar-refractivity contribution in [1.82, 2.24) is 15.3 Å². The molecule has 1 aromatic rings. The highest BCUT2D eigenvalue weighted by molar-refractivity contribution is 5.24. The van der Waals surface area contributed by atoms with Crippen LogP contribution in [0.2, 0.25) is 0 Å². The third-order valence-electron chi connectivity index (χ3n) is 3.16. The van der Waals surface area contributed by atoms with Crippen LogP contribution >= 0.6 is 0 Å². The monoisotopic (exact) mass is 235 g/mol. The zero-order valence-corrected chi connectivity index (χ0v) is 10.7. The number of aromatic nitrogens is 2. The second kappa shape index (κ2) is 6.07. The molecular weight excluding hydrogens is 214 g/mol. The summed E-state index contributed by atoms with van der Waals surface area (Å²) in [5, 5.41) is 3.32. The molecule has 0 amide bonds. The van der Waals surface area contributed by atoms with Gasteiger partial charge in [-0.3, -0.25) is 0 Å². The van der Waals surface area contributed by atoms with E-state index in [2.05, 4.69) is 22.2 Å². The smallest absolute Gasteiger partial charge is 0.154 e. The van der Waals surface area contributed by atoms with E-state index in [1.165, 1.54) is 24.1 Å². The summed E-state index contributed by atoms with van der Waals surface area (Å²) >= 11 is 0. The summed E-state index contributed by atoms with van der Waals surface area (Å²) in [6.07, 6.45) is 6.44. The van der Waals surface area contributed by atoms with Crippen LogP contribution in [0.5, 0.6) is 0 Å². The number of hydrogen-bond acceptors (Lipinski definition) is 4. The Bertz CT molecular complexity index is 368. The van der Waals surface area contributed by atoms with Crippen LogP contribution in [-0.4, -0.2) is 23.6 Å². The molecule has 1 atom stereocenters. The Balaban J connectivity index is 2.08. The number of fused-ring (bicyclic) bond motifs is 1. The minimum atomic E-state index is 0.421. The molecule has 2 rings (SSSR count). The van der Waals surface area contributed by atoms with Gasteiger partial charge in [-0.2, -0.15) is 0 Å². The molecule has 94 valence electrons. The van der Waals surface area contributed by atoms with Crippen molar-refractivity contribution in [2.75, 3.05) is 13.7 Å². The van der Waals surface area contributed by atoms with Gasteiger partial charge in [-0.15, -0.1) is 0 Å². The van der Waals surface area contributed by atoms with Crippen LogP contribution in [0.1, 0.15) is 49.3 Å². The second-order valence-electron chi connectivity index (χ2n) is 4.47. The third kappa shape index (κ3) is 3.01. The number of nitrogens with one attached hydrogen (secondary N) is 1. The van der Waals surface area contributed by atoms with E-state index in [0.29, 0.717) is 12.6 Å². The van der Waals surface area contributed by atoms with Crippen molar-refractivity contribution in [1.29, 1.82) is 0 Å². The minimum Gasteiger partial charge on any atom is -0.373 e. The quantitative estimate of drug-likeness (QED) is 0.793. The average Bonchev–Trinajstić information content (AvgIpc) is 2.38. The largest absolute Gasteiger partial charge is 0.373 e. The Kier molecular flexibility index (Phi) is 4.45. The van der Waals surface area contributed by atoms with Crippen molar-refractivity contribution >= 4 is 0 Å². The van der Waals surface area contributed by atoms with Gasteiger partial charge in [0.25, 0.3) is 0 Å². The van der Waals surface area contributed by atoms with Crippen molar-refractivity contribution < 1.29 is 4.74 Å². The molecule has 0 aromatic carbocycles. The van der Waals surface area contributed by atoms with Crippen LogP contribution in [0.25, 0.3) is 0 Å². The van der Waals surface area contributed by atoms with Gasteiger partial charge in [-0.1, -0.05) is 6.92 Å². The van der Waals surface area contributed by atoms with Gasteiger partial charge < -0.3 is 10.1 Å². The van der Waals surface area contributed by atoms with Crippen LogP contribution in [-0.2, 0) is 17.8 Å². The lowest BCUT2D eigenvalue weighted by Crippen LogP contribution is -2.23. The summed E-state index contributed by atoms with van der Waals surface area (Å²) in [6, 6.07) is 0.421. The molecule has 4 heteroatoms. The molecule has 0 bridgehead atoms. The van der Waals surface area contributed by atoms with Gasteiger partial charge in [-0.25, -0.2) is 9.97 Å². The van der Waals surface area contributed by atoms with E-state index >= 15 is 0 Å². The normalized spacial score (nSPS) is 19.1. The molecule has 0 saturated heterocycles. The molecule has 1 heterocycles. The maximum atomic E-state index is 5.47. The van der Waals surface area contributed by atoms with Gasteiger partial charge in [0.1, 0.15) is 6.61 Å². The van der Waals surface area contributed by atoms with Gasteiger partial charge in [-0.05, 0) is 32.7 Å². The third-order valence-corrected chi connectivity index (χ3v) is 3.16. The van der Waals surface area contributed by atoms with E-state index in [9.17, 15) is 0 Å². The molecule has 1 aliphatic carbocycles. The molecule has 0 radical (unpaired) electrons. The zero-order chi connectivity index (χ0) is 12.1. The molecule has 0 saturated carbocycles. The number of aryl methyl sites for hydroxylation is 1. The number of ether oxygens (including phenoxy) is 1. The molecule has 0 aliphatic heterocycles. The summed E-state index contributed by atoms with van der Waals surface area (Å²) in [6.45, 7) is 3.41. The fourth-order valence-corrected chi connectivity index (χ4v) is 2.27. The lowest BCUT2D eigenvalue weighted by atomic mass is 9.92. The molecule has 0 fully saturated rings. The van der Waals surface area contributed by atoms with E-state index in [1.807, 2.05) is 13.2 Å². The molecule has 17 heavy (non-hydrogen) atoms. The number of hydrogen-bond donors (Lipinski definition) is 1. The van der Waals surface area contributed by atoms with Gasteiger partial charge >= 0.3 is 0 Å². The van der Waals surface area contributed by atoms with Crippen LogP contribution in [0, 0.1) is 0 Å². The van der Waals surface area contributed by atoms with Gasteiger partial charge in [0, 0.05) is 30.1 Å². The Hall–Kier alpha value is -1.00. The van der Waals surface area contributed by atoms with Crippen LogP contribution in [0.15, 0.2) is 6.20 Å². The topological polar surface area (TPSA) is 47.0 Å². The fraction of sp³-hybridized carbons (Fsp3) is 0.692. The summed E-state index contributed by atoms with van der Waals surface area (Å²) in [5.74, 6) is 0.814. The molecule has 1 aromatic heterocycles. The maximum absolute atomic E-state index is 5.47. The molecule has 1 unspecified atom stereocenters. The highest BCUT2D eigenvalue weighted by Crippen LogP contribution is 2.27. The fourth-order valence-electron chi connectivity index (χ4n) is 2.27. The summed E-state index contributed by atoms with van der Waals surface area (Å²) in [5.41, 5.74) is 2.46. The maximum Gasteiger partial charge on any atom is 0.154 e. The summed E-state index contributed by atoms with van der Waals surface area (Å²) < 4.78 is 5.47. The first kappa shape index (κ1) is 12.5. The van der Waals surface area contributed by atoms with E-state index in [1.54, 1.807) is 0 Å². The molecule has 1 aliphatic rings. The Morgan fingerprint density at radius 1 is 1.53 bits per heavy atom. The molecular formula is C13H21N3O. The predicted molar refractivity (Wildman–Crippen MR) is 66.7 cm³/mol. The Labute approximate surface area is 103 Å². The first-order chi connectivity index (χ1) is 8.35. The molecule has 4 nitrogen and oxygen atoms in total. The Morgan fingerprint density at radius 3 is 3.18 bits per heavy atom. The minimum absolute atomic E-state index is 0.421. The first-order valence-corrected chi connectivity index (χ1v) is 6.44.